The van der Waals surface area contributed by atoms with E-state index < -0.39 is 24.3 Å². The second-order valence-electron chi connectivity index (χ2n) is 10.2. The van der Waals surface area contributed by atoms with Crippen LogP contribution in [0.15, 0.2) is 36.4 Å². The van der Waals surface area contributed by atoms with Gasteiger partial charge in [-0.15, -0.1) is 12.4 Å². The Labute approximate surface area is 240 Å². The normalized spacial score (nSPS) is 23.6. The van der Waals surface area contributed by atoms with Gasteiger partial charge in [0.25, 0.3) is 0 Å². The van der Waals surface area contributed by atoms with Crippen molar-refractivity contribution in [1.82, 2.24) is 15.3 Å². The fraction of sp³-hybridized carbons (Fsp3) is 0.444. The Hall–Kier alpha value is -2.86. The molecule has 0 radical (unpaired) electrons. The molecule has 1 saturated heterocycles. The van der Waals surface area contributed by atoms with Crippen LogP contribution < -0.4 is 15.8 Å². The van der Waals surface area contributed by atoms with Crippen molar-refractivity contribution in [2.24, 2.45) is 5.41 Å². The van der Waals surface area contributed by atoms with E-state index >= 15 is 0 Å². The number of ether oxygens (including phenoxy) is 2. The summed E-state index contributed by atoms with van der Waals surface area (Å²) in [5.41, 5.74) is 7.88. The maximum Gasteiger partial charge on any atom is 0.429 e. The van der Waals surface area contributed by atoms with E-state index in [4.69, 9.17) is 26.8 Å². The zero-order chi connectivity index (χ0) is 27.8. The molecule has 3 atom stereocenters. The monoisotopic (exact) mass is 600 g/mol. The number of nitrogens with two attached hydrogens (primary N) is 1. The van der Waals surface area contributed by atoms with Gasteiger partial charge in [0.05, 0.1) is 18.9 Å². The van der Waals surface area contributed by atoms with Gasteiger partial charge in [-0.1, -0.05) is 29.8 Å². The Bertz CT molecular complexity index is 1340. The lowest BCUT2D eigenvalue weighted by molar-refractivity contribution is -0.198. The highest BCUT2D eigenvalue weighted by Gasteiger charge is 2.45. The Morgan fingerprint density at radius 1 is 1.23 bits per heavy atom. The van der Waals surface area contributed by atoms with E-state index in [0.717, 1.165) is 5.57 Å². The van der Waals surface area contributed by atoms with Crippen molar-refractivity contribution < 1.29 is 32.5 Å². The summed E-state index contributed by atoms with van der Waals surface area (Å²) in [6.07, 6.45) is -0.509. The average Bonchev–Trinajstić information content (AvgIpc) is 3.31. The van der Waals surface area contributed by atoms with E-state index in [9.17, 15) is 23.1 Å². The maximum absolute atomic E-state index is 14.4. The highest BCUT2D eigenvalue weighted by Crippen LogP contribution is 2.45. The highest BCUT2D eigenvalue weighted by molar-refractivity contribution is 6.30. The molecule has 0 bridgehead atoms. The molecule has 13 heteroatoms. The summed E-state index contributed by atoms with van der Waals surface area (Å²) in [6, 6.07) is 5.02. The number of hydrogen-bond donors (Lipinski definition) is 3. The number of allylic oxidation sites excluding steroid dienone is 2. The SMILES string of the molecule is Cl.Nc1nc(O[C@H](c2ccc(Cl)cc2C2=CCOCC2)C(F)(F)F)cc(C2=CCC3(CC2)CNC(C(=O)O)C3)n1. The molecular formula is C27H29Cl2F3N4O4. The van der Waals surface area contributed by atoms with Crippen LogP contribution in [0.3, 0.4) is 0 Å². The minimum atomic E-state index is -4.76. The van der Waals surface area contributed by atoms with Crippen molar-refractivity contribution in [2.45, 2.75) is 50.4 Å². The summed E-state index contributed by atoms with van der Waals surface area (Å²) in [7, 11) is 0. The first kappa shape index (κ1) is 30.1. The van der Waals surface area contributed by atoms with Crippen LogP contribution in [0, 0.1) is 5.41 Å². The molecule has 2 aliphatic heterocycles. The van der Waals surface area contributed by atoms with Crippen molar-refractivity contribution in [3.8, 4) is 5.88 Å². The van der Waals surface area contributed by atoms with Crippen LogP contribution in [0.4, 0.5) is 19.1 Å². The van der Waals surface area contributed by atoms with Crippen molar-refractivity contribution in [3.05, 3.63) is 58.3 Å². The second-order valence-corrected chi connectivity index (χ2v) is 10.6. The largest absolute Gasteiger partial charge is 0.480 e. The van der Waals surface area contributed by atoms with Crippen LogP contribution >= 0.6 is 24.0 Å². The highest BCUT2D eigenvalue weighted by atomic mass is 35.5. The molecule has 8 nitrogen and oxygen atoms in total. The maximum atomic E-state index is 14.4. The third-order valence-corrected chi connectivity index (χ3v) is 7.79. The lowest BCUT2D eigenvalue weighted by atomic mass is 9.73. The summed E-state index contributed by atoms with van der Waals surface area (Å²) in [5, 5.41) is 12.7. The zero-order valence-electron chi connectivity index (χ0n) is 21.3. The van der Waals surface area contributed by atoms with Crippen LogP contribution in [0.25, 0.3) is 11.1 Å². The lowest BCUT2D eigenvalue weighted by Crippen LogP contribution is -2.30. The van der Waals surface area contributed by atoms with Gasteiger partial charge in [0.2, 0.25) is 17.9 Å². The van der Waals surface area contributed by atoms with E-state index in [1.54, 1.807) is 6.08 Å². The Kier molecular flexibility index (Phi) is 8.99. The number of benzene rings is 1. The number of alkyl halides is 3. The van der Waals surface area contributed by atoms with Crippen molar-refractivity contribution in [3.63, 3.8) is 0 Å². The van der Waals surface area contributed by atoms with Crippen LogP contribution in [0.1, 0.15) is 55.0 Å². The van der Waals surface area contributed by atoms with Gasteiger partial charge in [0, 0.05) is 23.2 Å². The van der Waals surface area contributed by atoms with Gasteiger partial charge in [-0.2, -0.15) is 18.2 Å². The van der Waals surface area contributed by atoms with Gasteiger partial charge in [0.15, 0.2) is 0 Å². The van der Waals surface area contributed by atoms with Gasteiger partial charge < -0.3 is 25.6 Å². The third-order valence-electron chi connectivity index (χ3n) is 7.56. The van der Waals surface area contributed by atoms with Gasteiger partial charge in [-0.25, -0.2) is 4.98 Å². The fourth-order valence-electron chi connectivity index (χ4n) is 5.52. The number of anilines is 1. The minimum Gasteiger partial charge on any atom is -0.480 e. The molecule has 3 heterocycles. The Morgan fingerprint density at radius 2 is 2.02 bits per heavy atom. The average molecular weight is 601 g/mol. The number of carbonyl (C=O) groups is 1. The predicted octanol–water partition coefficient (Wildman–Crippen LogP) is 5.62. The number of nitrogens with one attached hydrogen (secondary N) is 1. The predicted molar refractivity (Wildman–Crippen MR) is 146 cm³/mol. The molecule has 2 aromatic rings. The van der Waals surface area contributed by atoms with Crippen LogP contribution in [0.5, 0.6) is 5.88 Å². The van der Waals surface area contributed by atoms with Crippen molar-refractivity contribution >= 4 is 47.1 Å². The molecule has 1 aliphatic carbocycles. The molecule has 1 aromatic carbocycles. The molecule has 1 aromatic heterocycles. The van der Waals surface area contributed by atoms with Crippen LogP contribution in [-0.2, 0) is 9.53 Å². The van der Waals surface area contributed by atoms with E-state index in [1.165, 1.54) is 24.3 Å². The first-order valence-electron chi connectivity index (χ1n) is 12.6. The van der Waals surface area contributed by atoms with Gasteiger partial charge in [-0.05, 0) is 66.4 Å². The summed E-state index contributed by atoms with van der Waals surface area (Å²) in [5.74, 6) is -1.37. The fourth-order valence-corrected chi connectivity index (χ4v) is 5.69. The first-order valence-corrected chi connectivity index (χ1v) is 13.0. The molecule has 3 aliphatic rings. The minimum absolute atomic E-state index is 0. The standard InChI is InChI=1S/C27H28ClF3N4O4.ClH/c28-17-1-2-18(19(11-17)15-5-9-38-10-6-15)23(27(29,30)31)39-22-12-20(34-25(32)35-22)16-3-7-26(8-4-16)13-21(24(36)37)33-14-26;/h1-3,5,11-12,21,23,33H,4,6-10,13-14H2,(H,36,37)(H2,32,34,35);1H/t21?,23-,26?;/m1./s1. The smallest absolute Gasteiger partial charge is 0.429 e. The number of carboxylic acids is 1. The molecule has 216 valence electrons. The van der Waals surface area contributed by atoms with Gasteiger partial charge in [0.1, 0.15) is 6.04 Å². The Balaban J connectivity index is 0.00000370. The van der Waals surface area contributed by atoms with Crippen molar-refractivity contribution in [1.29, 1.82) is 0 Å². The summed E-state index contributed by atoms with van der Waals surface area (Å²) < 4.78 is 54.1. The van der Waals surface area contributed by atoms with Gasteiger partial charge >= 0.3 is 12.1 Å². The van der Waals surface area contributed by atoms with E-state index in [-0.39, 0.29) is 35.2 Å². The van der Waals surface area contributed by atoms with E-state index in [1.807, 2.05) is 6.08 Å². The molecule has 4 N–H and O–H groups in total. The molecule has 0 amide bonds. The number of aromatic nitrogens is 2. The molecule has 40 heavy (non-hydrogen) atoms. The van der Waals surface area contributed by atoms with Gasteiger partial charge in [-0.3, -0.25) is 4.79 Å². The summed E-state index contributed by atoms with van der Waals surface area (Å²) in [6.45, 7) is 1.28. The molecule has 1 fully saturated rings. The van der Waals surface area contributed by atoms with Crippen molar-refractivity contribution in [2.75, 3.05) is 25.5 Å². The molecular weight excluding hydrogens is 572 g/mol. The number of nitrogens with zero attached hydrogens (tertiary/aromatic N) is 2. The zero-order valence-corrected chi connectivity index (χ0v) is 22.9. The number of nitrogen functional groups attached to an aromatic ring is 1. The van der Waals surface area contributed by atoms with Crippen LogP contribution in [-0.4, -0.2) is 53.0 Å². The first-order chi connectivity index (χ1) is 18.5. The van der Waals surface area contributed by atoms with Crippen LogP contribution in [0.2, 0.25) is 5.02 Å². The Morgan fingerprint density at radius 3 is 2.65 bits per heavy atom. The molecule has 2 unspecified atom stereocenters. The van der Waals surface area contributed by atoms with E-state index in [0.29, 0.717) is 73.7 Å². The molecule has 1 spiro atoms. The topological polar surface area (TPSA) is 120 Å². The number of rotatable bonds is 6. The second kappa shape index (κ2) is 11.9. The van der Waals surface area contributed by atoms with E-state index in [2.05, 4.69) is 15.3 Å². The summed E-state index contributed by atoms with van der Waals surface area (Å²) in [4.78, 5) is 19.6. The summed E-state index contributed by atoms with van der Waals surface area (Å²) >= 11 is 6.15. The quantitative estimate of drug-likeness (QED) is 0.391. The third kappa shape index (κ3) is 6.54. The molecule has 0 saturated carbocycles. The number of aliphatic carboxylic acids is 1. The number of halogens is 5. The number of carboxylic acid groups (broad SMARTS) is 1. The lowest BCUT2D eigenvalue weighted by Gasteiger charge is -2.32. The number of hydrogen-bond acceptors (Lipinski definition) is 7. The molecule has 5 rings (SSSR count).